The second-order valence-corrected chi connectivity index (χ2v) is 4.94. The van der Waals surface area contributed by atoms with Crippen LogP contribution in [0.15, 0.2) is 27.4 Å². The SMILES string of the molecule is CC1OCCC1C(=O)c1ccc2c(c1)oc(=O)n2C. The predicted octanol–water partition coefficient (Wildman–Crippen LogP) is 1.74. The van der Waals surface area contributed by atoms with E-state index in [9.17, 15) is 9.59 Å². The maximum atomic E-state index is 12.4. The lowest BCUT2D eigenvalue weighted by Crippen LogP contribution is -2.21. The van der Waals surface area contributed by atoms with E-state index in [2.05, 4.69) is 0 Å². The van der Waals surface area contributed by atoms with Crippen LogP contribution in [0.4, 0.5) is 0 Å². The van der Waals surface area contributed by atoms with Gasteiger partial charge in [-0.15, -0.1) is 0 Å². The molecule has 1 fully saturated rings. The van der Waals surface area contributed by atoms with E-state index in [-0.39, 0.29) is 17.8 Å². The Kier molecular flexibility index (Phi) is 2.78. The van der Waals surface area contributed by atoms with Crippen LogP contribution in [0.1, 0.15) is 23.7 Å². The summed E-state index contributed by atoms with van der Waals surface area (Å²) in [5.41, 5.74) is 1.71. The van der Waals surface area contributed by atoms with Gasteiger partial charge in [0.25, 0.3) is 0 Å². The van der Waals surface area contributed by atoms with Gasteiger partial charge >= 0.3 is 5.76 Å². The van der Waals surface area contributed by atoms with Crippen molar-refractivity contribution in [2.24, 2.45) is 13.0 Å². The summed E-state index contributed by atoms with van der Waals surface area (Å²) in [6.07, 6.45) is 0.697. The molecule has 3 rings (SSSR count). The Morgan fingerprint density at radius 2 is 2.21 bits per heavy atom. The molecule has 1 aliphatic heterocycles. The summed E-state index contributed by atoms with van der Waals surface area (Å²) >= 11 is 0. The lowest BCUT2D eigenvalue weighted by Gasteiger charge is -2.12. The van der Waals surface area contributed by atoms with Crippen LogP contribution in [0.3, 0.4) is 0 Å². The minimum absolute atomic E-state index is 0.0500. The molecule has 2 heterocycles. The molecule has 0 amide bonds. The molecule has 2 aromatic rings. The number of aryl methyl sites for hydroxylation is 1. The molecule has 1 aromatic heterocycles. The minimum atomic E-state index is -0.419. The standard InChI is InChI=1S/C14H15NO4/c1-8-10(5-6-18-8)13(16)9-3-4-11-12(7-9)19-14(17)15(11)2/h3-4,7-8,10H,5-6H2,1-2H3. The van der Waals surface area contributed by atoms with Crippen molar-refractivity contribution in [3.63, 3.8) is 0 Å². The molecular formula is C14H15NO4. The summed E-state index contributed by atoms with van der Waals surface area (Å²) in [5.74, 6) is -0.469. The van der Waals surface area contributed by atoms with Crippen molar-refractivity contribution in [1.29, 1.82) is 0 Å². The highest BCUT2D eigenvalue weighted by Crippen LogP contribution is 2.26. The second-order valence-electron chi connectivity index (χ2n) is 4.94. The molecule has 0 N–H and O–H groups in total. The van der Waals surface area contributed by atoms with Crippen molar-refractivity contribution < 1.29 is 13.9 Å². The molecule has 19 heavy (non-hydrogen) atoms. The van der Waals surface area contributed by atoms with Gasteiger partial charge in [0.15, 0.2) is 11.4 Å². The summed E-state index contributed by atoms with van der Waals surface area (Å²) in [7, 11) is 1.64. The molecule has 5 heteroatoms. The molecule has 0 saturated carbocycles. The number of aromatic nitrogens is 1. The molecule has 2 atom stereocenters. The number of carbonyl (C=O) groups is 1. The number of oxazole rings is 1. The molecule has 1 saturated heterocycles. The van der Waals surface area contributed by atoms with Crippen LogP contribution in [0, 0.1) is 5.92 Å². The third-order valence-corrected chi connectivity index (χ3v) is 3.79. The van der Waals surface area contributed by atoms with E-state index in [1.165, 1.54) is 4.57 Å². The zero-order valence-electron chi connectivity index (χ0n) is 10.9. The van der Waals surface area contributed by atoms with Crippen LogP contribution < -0.4 is 5.76 Å². The number of nitrogens with zero attached hydrogens (tertiary/aromatic N) is 1. The fraction of sp³-hybridized carbons (Fsp3) is 0.429. The van der Waals surface area contributed by atoms with Gasteiger partial charge in [0.2, 0.25) is 0 Å². The average molecular weight is 261 g/mol. The summed E-state index contributed by atoms with van der Waals surface area (Å²) in [5, 5.41) is 0. The van der Waals surface area contributed by atoms with Crippen LogP contribution in [-0.4, -0.2) is 23.1 Å². The van der Waals surface area contributed by atoms with E-state index in [0.29, 0.717) is 23.3 Å². The van der Waals surface area contributed by atoms with Crippen molar-refractivity contribution in [1.82, 2.24) is 4.57 Å². The highest BCUT2D eigenvalue weighted by atomic mass is 16.5. The first-order valence-electron chi connectivity index (χ1n) is 6.33. The molecule has 2 unspecified atom stereocenters. The van der Waals surface area contributed by atoms with Crippen molar-refractivity contribution >= 4 is 16.9 Å². The highest BCUT2D eigenvalue weighted by molar-refractivity contribution is 6.00. The Morgan fingerprint density at radius 3 is 2.89 bits per heavy atom. The topological polar surface area (TPSA) is 61.4 Å². The average Bonchev–Trinajstić information content (AvgIpc) is 2.93. The van der Waals surface area contributed by atoms with Gasteiger partial charge < -0.3 is 9.15 Å². The van der Waals surface area contributed by atoms with Gasteiger partial charge in [-0.3, -0.25) is 9.36 Å². The molecule has 100 valence electrons. The fourth-order valence-electron chi connectivity index (χ4n) is 2.58. The lowest BCUT2D eigenvalue weighted by molar-refractivity contribution is 0.0764. The van der Waals surface area contributed by atoms with E-state index < -0.39 is 5.76 Å². The van der Waals surface area contributed by atoms with Gasteiger partial charge in [-0.25, -0.2) is 4.79 Å². The Bertz CT molecular complexity index is 697. The van der Waals surface area contributed by atoms with Crippen LogP contribution in [0.25, 0.3) is 11.1 Å². The molecule has 0 radical (unpaired) electrons. The summed E-state index contributed by atoms with van der Waals surface area (Å²) in [6.45, 7) is 2.54. The number of hydrogen-bond acceptors (Lipinski definition) is 4. The van der Waals surface area contributed by atoms with Crippen LogP contribution in [-0.2, 0) is 11.8 Å². The first-order chi connectivity index (χ1) is 9.08. The van der Waals surface area contributed by atoms with Crippen molar-refractivity contribution in [2.45, 2.75) is 19.4 Å². The number of ether oxygens (including phenoxy) is 1. The molecule has 0 aliphatic carbocycles. The Morgan fingerprint density at radius 1 is 1.42 bits per heavy atom. The van der Waals surface area contributed by atoms with Crippen molar-refractivity contribution in [3.05, 3.63) is 34.3 Å². The number of fused-ring (bicyclic) bond motifs is 1. The largest absolute Gasteiger partial charge is 0.419 e. The maximum Gasteiger partial charge on any atom is 0.419 e. The van der Waals surface area contributed by atoms with Gasteiger partial charge in [0.05, 0.1) is 17.5 Å². The predicted molar refractivity (Wildman–Crippen MR) is 69.3 cm³/mol. The van der Waals surface area contributed by atoms with E-state index in [1.54, 1.807) is 25.2 Å². The number of carbonyl (C=O) groups excluding carboxylic acids is 1. The van der Waals surface area contributed by atoms with Gasteiger partial charge in [0, 0.05) is 19.2 Å². The normalized spacial score (nSPS) is 23.1. The highest BCUT2D eigenvalue weighted by Gasteiger charge is 2.31. The van der Waals surface area contributed by atoms with E-state index >= 15 is 0 Å². The van der Waals surface area contributed by atoms with Crippen molar-refractivity contribution in [3.8, 4) is 0 Å². The number of Topliss-reactive ketones (excluding diaryl/α,β-unsaturated/α-hetero) is 1. The number of rotatable bonds is 2. The van der Waals surface area contributed by atoms with Gasteiger partial charge in [-0.05, 0) is 31.5 Å². The smallest absolute Gasteiger partial charge is 0.408 e. The first-order valence-corrected chi connectivity index (χ1v) is 6.33. The lowest BCUT2D eigenvalue weighted by atomic mass is 9.92. The van der Waals surface area contributed by atoms with Gasteiger partial charge in [-0.1, -0.05) is 0 Å². The summed E-state index contributed by atoms with van der Waals surface area (Å²) in [4.78, 5) is 23.8. The van der Waals surface area contributed by atoms with Crippen LogP contribution in [0.2, 0.25) is 0 Å². The second kappa shape index (κ2) is 4.35. The minimum Gasteiger partial charge on any atom is -0.408 e. The van der Waals surface area contributed by atoms with Crippen LogP contribution in [0.5, 0.6) is 0 Å². The first kappa shape index (κ1) is 12.2. The number of benzene rings is 1. The molecule has 5 nitrogen and oxygen atoms in total. The van der Waals surface area contributed by atoms with Crippen LogP contribution >= 0.6 is 0 Å². The molecular weight excluding hydrogens is 246 g/mol. The monoisotopic (exact) mass is 261 g/mol. The quantitative estimate of drug-likeness (QED) is 0.772. The molecule has 0 bridgehead atoms. The maximum absolute atomic E-state index is 12.4. The number of hydrogen-bond donors (Lipinski definition) is 0. The Labute approximate surface area is 109 Å². The van der Waals surface area contributed by atoms with Gasteiger partial charge in [-0.2, -0.15) is 0 Å². The Balaban J connectivity index is 2.01. The van der Waals surface area contributed by atoms with E-state index in [0.717, 1.165) is 6.42 Å². The summed E-state index contributed by atoms with van der Waals surface area (Å²) in [6, 6.07) is 5.13. The molecule has 1 aromatic carbocycles. The van der Waals surface area contributed by atoms with Gasteiger partial charge in [0.1, 0.15) is 0 Å². The van der Waals surface area contributed by atoms with E-state index in [4.69, 9.17) is 9.15 Å². The zero-order chi connectivity index (χ0) is 13.6. The summed E-state index contributed by atoms with van der Waals surface area (Å²) < 4.78 is 11.9. The molecule has 0 spiro atoms. The fourth-order valence-corrected chi connectivity index (χ4v) is 2.58. The molecule has 1 aliphatic rings. The van der Waals surface area contributed by atoms with Crippen molar-refractivity contribution in [2.75, 3.05) is 6.61 Å². The zero-order valence-corrected chi connectivity index (χ0v) is 10.9. The van der Waals surface area contributed by atoms with E-state index in [1.807, 2.05) is 6.92 Å². The number of ketones is 1. The Hall–Kier alpha value is -1.88. The third kappa shape index (κ3) is 1.90. The third-order valence-electron chi connectivity index (χ3n) is 3.79.